The molecule has 13 heavy (non-hydrogen) atoms. The van der Waals surface area contributed by atoms with Crippen molar-refractivity contribution in [2.75, 3.05) is 5.73 Å². The summed E-state index contributed by atoms with van der Waals surface area (Å²) < 4.78 is 24.3. The van der Waals surface area contributed by atoms with Crippen LogP contribution in [-0.4, -0.2) is 11.3 Å². The first-order valence-electron chi connectivity index (χ1n) is 3.56. The number of anilines is 1. The first-order chi connectivity index (χ1) is 6.06. The van der Waals surface area contributed by atoms with Crippen molar-refractivity contribution in [3.05, 3.63) is 22.9 Å². The molecule has 0 fully saturated rings. The van der Waals surface area contributed by atoms with Crippen LogP contribution in [0.1, 0.15) is 28.0 Å². The van der Waals surface area contributed by atoms with Crippen LogP contribution in [0.3, 0.4) is 0 Å². The monoisotopic (exact) mass is 186 g/mol. The molecule has 1 rings (SSSR count). The molecular weight excluding hydrogens is 178 g/mol. The molecule has 1 aromatic heterocycles. The lowest BCUT2D eigenvalue weighted by atomic mass is 10.1. The fourth-order valence-corrected chi connectivity index (χ4v) is 0.998. The molecule has 1 aromatic rings. The summed E-state index contributed by atoms with van der Waals surface area (Å²) >= 11 is 0. The van der Waals surface area contributed by atoms with E-state index >= 15 is 0 Å². The van der Waals surface area contributed by atoms with Crippen molar-refractivity contribution in [2.24, 2.45) is 0 Å². The van der Waals surface area contributed by atoms with Gasteiger partial charge in [-0.1, -0.05) is 0 Å². The lowest BCUT2D eigenvalue weighted by molar-refractivity contribution is 0.112. The third-order valence-electron chi connectivity index (χ3n) is 1.66. The van der Waals surface area contributed by atoms with Crippen molar-refractivity contribution in [3.63, 3.8) is 0 Å². The van der Waals surface area contributed by atoms with E-state index in [4.69, 9.17) is 5.73 Å². The van der Waals surface area contributed by atoms with E-state index in [1.165, 1.54) is 6.92 Å². The van der Waals surface area contributed by atoms with Crippen LogP contribution in [0.4, 0.5) is 14.6 Å². The number of nitrogen functional groups attached to an aromatic ring is 1. The van der Waals surface area contributed by atoms with E-state index in [-0.39, 0.29) is 11.4 Å². The maximum atomic E-state index is 12.2. The Morgan fingerprint density at radius 2 is 2.23 bits per heavy atom. The summed E-state index contributed by atoms with van der Waals surface area (Å²) in [5, 5.41) is 0. The molecule has 0 spiro atoms. The lowest BCUT2D eigenvalue weighted by Gasteiger charge is -2.05. The molecule has 0 saturated carbocycles. The molecule has 1 heterocycles. The molecule has 0 aliphatic carbocycles. The van der Waals surface area contributed by atoms with Crippen molar-refractivity contribution in [1.82, 2.24) is 4.98 Å². The number of aromatic nitrogens is 1. The second kappa shape index (κ2) is 3.47. The Hall–Kier alpha value is -1.52. The van der Waals surface area contributed by atoms with Gasteiger partial charge in [0.25, 0.3) is 6.43 Å². The maximum Gasteiger partial charge on any atom is 0.280 e. The number of nitrogens with zero attached hydrogens (tertiary/aromatic N) is 1. The van der Waals surface area contributed by atoms with Gasteiger partial charge >= 0.3 is 0 Å². The highest BCUT2D eigenvalue weighted by molar-refractivity contribution is 5.83. The quantitative estimate of drug-likeness (QED) is 0.715. The number of hydrogen-bond donors (Lipinski definition) is 1. The van der Waals surface area contributed by atoms with E-state index in [1.54, 1.807) is 0 Å². The van der Waals surface area contributed by atoms with Gasteiger partial charge in [-0.05, 0) is 18.6 Å². The van der Waals surface area contributed by atoms with Crippen molar-refractivity contribution < 1.29 is 13.6 Å². The minimum atomic E-state index is -2.67. The van der Waals surface area contributed by atoms with Crippen molar-refractivity contribution in [3.8, 4) is 0 Å². The number of halogens is 2. The highest BCUT2D eigenvalue weighted by atomic mass is 19.3. The number of carbonyl (C=O) groups is 1. The van der Waals surface area contributed by atoms with Crippen LogP contribution in [0.25, 0.3) is 0 Å². The van der Waals surface area contributed by atoms with Gasteiger partial charge in [-0.15, -0.1) is 0 Å². The number of hydrogen-bond acceptors (Lipinski definition) is 3. The van der Waals surface area contributed by atoms with Crippen LogP contribution in [0.2, 0.25) is 0 Å². The van der Waals surface area contributed by atoms with E-state index in [0.717, 1.165) is 6.07 Å². The number of carbonyl (C=O) groups excluding carboxylic acids is 1. The summed E-state index contributed by atoms with van der Waals surface area (Å²) in [7, 11) is 0. The molecule has 3 nitrogen and oxygen atoms in total. The largest absolute Gasteiger partial charge is 0.383 e. The average molecular weight is 186 g/mol. The van der Waals surface area contributed by atoms with Gasteiger partial charge in [-0.25, -0.2) is 13.8 Å². The summed E-state index contributed by atoms with van der Waals surface area (Å²) in [6.07, 6.45) is -2.16. The Balaban J connectivity index is 3.28. The molecular formula is C8H8F2N2O. The predicted molar refractivity (Wildman–Crippen MR) is 43.7 cm³/mol. The Morgan fingerprint density at radius 1 is 1.62 bits per heavy atom. The second-order valence-electron chi connectivity index (χ2n) is 2.58. The highest BCUT2D eigenvalue weighted by Crippen LogP contribution is 2.21. The van der Waals surface area contributed by atoms with Gasteiger partial charge in [0, 0.05) is 0 Å². The Morgan fingerprint density at radius 3 is 2.62 bits per heavy atom. The number of aldehydes is 1. The highest BCUT2D eigenvalue weighted by Gasteiger charge is 2.13. The van der Waals surface area contributed by atoms with Crippen molar-refractivity contribution in [1.29, 1.82) is 0 Å². The molecule has 0 radical (unpaired) electrons. The Kier molecular flexibility index (Phi) is 2.55. The van der Waals surface area contributed by atoms with Gasteiger partial charge in [-0.2, -0.15) is 0 Å². The predicted octanol–water partition coefficient (Wildman–Crippen LogP) is 1.72. The lowest BCUT2D eigenvalue weighted by Crippen LogP contribution is -2.03. The molecule has 0 atom stereocenters. The molecule has 0 aromatic carbocycles. The SMILES string of the molecule is Cc1cc(C(F)F)nc(N)c1C=O. The summed E-state index contributed by atoms with van der Waals surface area (Å²) in [6.45, 7) is 1.54. The minimum absolute atomic E-state index is 0.148. The molecule has 0 bridgehead atoms. The van der Waals surface area contributed by atoms with Crippen LogP contribution in [0, 0.1) is 6.92 Å². The molecule has 0 unspecified atom stereocenters. The van der Waals surface area contributed by atoms with Crippen LogP contribution < -0.4 is 5.73 Å². The van der Waals surface area contributed by atoms with Gasteiger partial charge < -0.3 is 5.73 Å². The molecule has 0 saturated heterocycles. The average Bonchev–Trinajstić information content (AvgIpc) is 2.03. The molecule has 0 amide bonds. The summed E-state index contributed by atoms with van der Waals surface area (Å²) in [4.78, 5) is 13.8. The van der Waals surface area contributed by atoms with E-state index in [0.29, 0.717) is 11.8 Å². The van der Waals surface area contributed by atoms with E-state index in [9.17, 15) is 13.6 Å². The normalized spacial score (nSPS) is 10.5. The summed E-state index contributed by atoms with van der Waals surface area (Å²) in [6, 6.07) is 1.16. The number of alkyl halides is 2. The van der Waals surface area contributed by atoms with E-state index in [2.05, 4.69) is 4.98 Å². The Bertz CT molecular complexity index is 316. The maximum absolute atomic E-state index is 12.2. The van der Waals surface area contributed by atoms with Gasteiger partial charge in [0.1, 0.15) is 11.5 Å². The molecule has 5 heteroatoms. The molecule has 0 aliphatic heterocycles. The van der Waals surface area contributed by atoms with E-state index in [1.807, 2.05) is 0 Å². The first kappa shape index (κ1) is 9.57. The van der Waals surface area contributed by atoms with Gasteiger partial charge in [0.15, 0.2) is 6.29 Å². The fraction of sp³-hybridized carbons (Fsp3) is 0.250. The van der Waals surface area contributed by atoms with Gasteiger partial charge in [-0.3, -0.25) is 4.79 Å². The zero-order valence-corrected chi connectivity index (χ0v) is 6.92. The zero-order chi connectivity index (χ0) is 10.0. The van der Waals surface area contributed by atoms with Crippen LogP contribution in [-0.2, 0) is 0 Å². The molecule has 0 aliphatic rings. The summed E-state index contributed by atoms with van der Waals surface area (Å²) in [5.41, 5.74) is 5.48. The second-order valence-corrected chi connectivity index (χ2v) is 2.58. The van der Waals surface area contributed by atoms with Crippen molar-refractivity contribution >= 4 is 12.1 Å². The third kappa shape index (κ3) is 1.80. The topological polar surface area (TPSA) is 56.0 Å². The zero-order valence-electron chi connectivity index (χ0n) is 6.92. The fourth-order valence-electron chi connectivity index (χ4n) is 0.998. The third-order valence-corrected chi connectivity index (χ3v) is 1.66. The number of rotatable bonds is 2. The number of pyridine rings is 1. The van der Waals surface area contributed by atoms with E-state index < -0.39 is 12.1 Å². The van der Waals surface area contributed by atoms with Crippen molar-refractivity contribution in [2.45, 2.75) is 13.3 Å². The standard InChI is InChI=1S/C8H8F2N2O/c1-4-2-6(7(9)10)12-8(11)5(4)3-13/h2-3,7H,1H3,(H2,11,12). The molecule has 2 N–H and O–H groups in total. The summed E-state index contributed by atoms with van der Waals surface area (Å²) in [5.74, 6) is -0.148. The smallest absolute Gasteiger partial charge is 0.280 e. The first-order valence-corrected chi connectivity index (χ1v) is 3.56. The van der Waals surface area contributed by atoms with Crippen LogP contribution in [0.15, 0.2) is 6.07 Å². The van der Waals surface area contributed by atoms with Gasteiger partial charge in [0.2, 0.25) is 0 Å². The van der Waals surface area contributed by atoms with Gasteiger partial charge in [0.05, 0.1) is 5.56 Å². The molecule has 70 valence electrons. The number of aryl methyl sites for hydroxylation is 1. The Labute approximate surface area is 73.6 Å². The number of nitrogens with two attached hydrogens (primary N) is 1. The van der Waals surface area contributed by atoms with Crippen LogP contribution in [0.5, 0.6) is 0 Å². The minimum Gasteiger partial charge on any atom is -0.383 e. The van der Waals surface area contributed by atoms with Crippen LogP contribution >= 0.6 is 0 Å².